The molecule has 0 saturated heterocycles. The highest BCUT2D eigenvalue weighted by atomic mass is 35.5. The molecule has 1 fully saturated rings. The molecule has 1 saturated carbocycles. The molecule has 2 aromatic carbocycles. The Kier molecular flexibility index (Phi) is 8.26. The van der Waals surface area contributed by atoms with Crippen molar-refractivity contribution < 1.29 is 14.0 Å². The zero-order valence-electron chi connectivity index (χ0n) is 18.9. The first-order valence-corrected chi connectivity index (χ1v) is 12.8. The molecule has 0 aliphatic heterocycles. The Balaban J connectivity index is 1.38. The monoisotopic (exact) mass is 599 g/mol. The van der Waals surface area contributed by atoms with Gasteiger partial charge in [-0.05, 0) is 54.1 Å². The quantitative estimate of drug-likeness (QED) is 0.182. The number of rotatable bonds is 8. The zero-order chi connectivity index (χ0) is 26.9. The number of carbonyl (C=O) groups is 2. The number of nitrogens with one attached hydrogen (secondary N) is 3. The van der Waals surface area contributed by atoms with Crippen LogP contribution in [0.4, 0.5) is 10.1 Å². The van der Waals surface area contributed by atoms with Crippen LogP contribution in [0.5, 0.6) is 0 Å². The SMILES string of the molecule is C=C/C(=C\C=C(\Cl)CC(=O)Nc1cc2cc[nH]c2cc1F)NC(=O)C1C(c2cc(Cl)cc(Cl)c2)C1(Cl)Cl. The summed E-state index contributed by atoms with van der Waals surface area (Å²) < 4.78 is 12.9. The summed E-state index contributed by atoms with van der Waals surface area (Å²) in [6, 6.07) is 9.47. The minimum Gasteiger partial charge on any atom is -0.361 e. The highest BCUT2D eigenvalue weighted by Crippen LogP contribution is 2.65. The number of fused-ring (bicyclic) bond motifs is 1. The molecule has 1 aliphatic rings. The number of aromatic nitrogens is 1. The van der Waals surface area contributed by atoms with E-state index in [1.807, 2.05) is 0 Å². The third kappa shape index (κ3) is 6.33. The number of hydrogen-bond donors (Lipinski definition) is 3. The Morgan fingerprint density at radius 3 is 2.49 bits per heavy atom. The molecule has 11 heteroatoms. The van der Waals surface area contributed by atoms with Gasteiger partial charge in [0.1, 0.15) is 10.2 Å². The Hall–Kier alpha value is -2.48. The highest BCUT2D eigenvalue weighted by Gasteiger charge is 2.67. The molecule has 37 heavy (non-hydrogen) atoms. The molecule has 2 atom stereocenters. The number of halogens is 6. The summed E-state index contributed by atoms with van der Waals surface area (Å²) >= 11 is 31.1. The van der Waals surface area contributed by atoms with Gasteiger partial charge in [0.05, 0.1) is 18.0 Å². The first-order valence-electron chi connectivity index (χ1n) is 10.9. The number of anilines is 1. The fourth-order valence-corrected chi connectivity index (χ4v) is 5.52. The van der Waals surface area contributed by atoms with E-state index in [1.54, 1.807) is 30.5 Å². The van der Waals surface area contributed by atoms with Crippen molar-refractivity contribution in [2.75, 3.05) is 5.32 Å². The lowest BCUT2D eigenvalue weighted by atomic mass is 10.1. The van der Waals surface area contributed by atoms with Crippen LogP contribution in [0.15, 0.2) is 78.1 Å². The Morgan fingerprint density at radius 1 is 1.11 bits per heavy atom. The van der Waals surface area contributed by atoms with Gasteiger partial charge < -0.3 is 15.6 Å². The van der Waals surface area contributed by atoms with Gasteiger partial charge in [0, 0.05) is 49.9 Å². The van der Waals surface area contributed by atoms with Gasteiger partial charge in [0.25, 0.3) is 0 Å². The molecule has 0 spiro atoms. The summed E-state index contributed by atoms with van der Waals surface area (Å²) in [6.45, 7) is 3.68. The van der Waals surface area contributed by atoms with Gasteiger partial charge in [-0.15, -0.1) is 23.2 Å². The Labute approximate surface area is 237 Å². The predicted molar refractivity (Wildman–Crippen MR) is 149 cm³/mol. The number of benzene rings is 2. The van der Waals surface area contributed by atoms with Gasteiger partial charge in [-0.3, -0.25) is 9.59 Å². The molecule has 192 valence electrons. The molecule has 4 rings (SSSR count). The number of allylic oxidation sites excluding steroid dienone is 3. The number of carbonyl (C=O) groups excluding carboxylic acids is 2. The molecular weight excluding hydrogens is 583 g/mol. The van der Waals surface area contributed by atoms with E-state index < -0.39 is 33.8 Å². The van der Waals surface area contributed by atoms with Crippen molar-refractivity contribution in [2.24, 2.45) is 5.92 Å². The molecular formula is C26H19Cl5FN3O2. The van der Waals surface area contributed by atoms with E-state index in [2.05, 4.69) is 22.2 Å². The first-order chi connectivity index (χ1) is 17.5. The normalized spacial score (nSPS) is 19.0. The molecule has 0 radical (unpaired) electrons. The van der Waals surface area contributed by atoms with Crippen LogP contribution in [-0.4, -0.2) is 21.1 Å². The molecule has 3 aromatic rings. The van der Waals surface area contributed by atoms with E-state index in [9.17, 15) is 14.0 Å². The van der Waals surface area contributed by atoms with Gasteiger partial charge in [-0.2, -0.15) is 0 Å². The van der Waals surface area contributed by atoms with Crippen LogP contribution >= 0.6 is 58.0 Å². The average molecular weight is 602 g/mol. The Morgan fingerprint density at radius 2 is 1.81 bits per heavy atom. The van der Waals surface area contributed by atoms with Crippen molar-refractivity contribution in [3.63, 3.8) is 0 Å². The lowest BCUT2D eigenvalue weighted by molar-refractivity contribution is -0.121. The summed E-state index contributed by atoms with van der Waals surface area (Å²) in [5.74, 6) is -2.79. The maximum atomic E-state index is 14.2. The van der Waals surface area contributed by atoms with Gasteiger partial charge in [-0.1, -0.05) is 41.4 Å². The van der Waals surface area contributed by atoms with Crippen LogP contribution in [0.25, 0.3) is 10.9 Å². The summed E-state index contributed by atoms with van der Waals surface area (Å²) in [7, 11) is 0. The van der Waals surface area contributed by atoms with E-state index in [0.29, 0.717) is 26.8 Å². The third-order valence-electron chi connectivity index (χ3n) is 5.76. The average Bonchev–Trinajstić information content (AvgIpc) is 3.13. The highest BCUT2D eigenvalue weighted by molar-refractivity contribution is 6.53. The molecule has 1 aromatic heterocycles. The van der Waals surface area contributed by atoms with E-state index in [-0.39, 0.29) is 17.1 Å². The lowest BCUT2D eigenvalue weighted by Gasteiger charge is -2.07. The maximum Gasteiger partial charge on any atom is 0.231 e. The first kappa shape index (κ1) is 27.6. The largest absolute Gasteiger partial charge is 0.361 e. The molecule has 1 aliphatic carbocycles. The van der Waals surface area contributed by atoms with Crippen molar-refractivity contribution in [1.82, 2.24) is 10.3 Å². The number of alkyl halides is 2. The minimum absolute atomic E-state index is 0.0433. The summed E-state index contributed by atoms with van der Waals surface area (Å²) in [6.07, 6.45) is 5.77. The van der Waals surface area contributed by atoms with E-state index in [1.165, 1.54) is 30.4 Å². The van der Waals surface area contributed by atoms with Crippen molar-refractivity contribution >= 4 is 86.4 Å². The van der Waals surface area contributed by atoms with Gasteiger partial charge in [0.2, 0.25) is 11.8 Å². The maximum absolute atomic E-state index is 14.2. The zero-order valence-corrected chi connectivity index (χ0v) is 22.7. The van der Waals surface area contributed by atoms with Crippen LogP contribution < -0.4 is 10.6 Å². The number of hydrogen-bond acceptors (Lipinski definition) is 2. The van der Waals surface area contributed by atoms with Crippen LogP contribution in [0.1, 0.15) is 17.9 Å². The molecule has 1 heterocycles. The van der Waals surface area contributed by atoms with Crippen LogP contribution in [0.3, 0.4) is 0 Å². The third-order valence-corrected chi connectivity index (χ3v) is 7.39. The molecule has 3 N–H and O–H groups in total. The number of H-pyrrole nitrogens is 1. The summed E-state index contributed by atoms with van der Waals surface area (Å²) in [4.78, 5) is 28.1. The second kappa shape index (κ2) is 11.1. The second-order valence-electron chi connectivity index (χ2n) is 8.38. The van der Waals surface area contributed by atoms with Gasteiger partial charge in [0.15, 0.2) is 0 Å². The van der Waals surface area contributed by atoms with Crippen molar-refractivity contribution in [2.45, 2.75) is 16.7 Å². The standard InChI is InChI=1S/C26H19Cl5FN3O2/c1-2-18(34-25(37)24-23(26(24,30)31)14-7-16(28)10-17(29)8-14)4-3-15(27)11-22(36)35-21-9-13-5-6-33-20(13)12-19(21)32/h2-10,12,23-24,33H,1,11H2,(H,34,37)(H,35,36)/b15-3+,18-4+. The lowest BCUT2D eigenvalue weighted by Crippen LogP contribution is -2.25. The fourth-order valence-electron chi connectivity index (χ4n) is 3.96. The Bertz CT molecular complexity index is 1440. The van der Waals surface area contributed by atoms with Crippen molar-refractivity contribution in [3.05, 3.63) is 99.6 Å². The predicted octanol–water partition coefficient (Wildman–Crippen LogP) is 7.84. The molecule has 2 unspecified atom stereocenters. The fraction of sp³-hybridized carbons (Fsp3) is 0.154. The van der Waals surface area contributed by atoms with E-state index in [4.69, 9.17) is 58.0 Å². The van der Waals surface area contributed by atoms with Crippen LogP contribution in [-0.2, 0) is 9.59 Å². The number of amides is 2. The minimum atomic E-state index is -1.34. The smallest absolute Gasteiger partial charge is 0.231 e. The van der Waals surface area contributed by atoms with E-state index >= 15 is 0 Å². The second-order valence-corrected chi connectivity index (χ2v) is 11.2. The molecule has 0 bridgehead atoms. The van der Waals surface area contributed by atoms with Crippen molar-refractivity contribution in [3.8, 4) is 0 Å². The van der Waals surface area contributed by atoms with Gasteiger partial charge in [-0.25, -0.2) is 4.39 Å². The summed E-state index contributed by atoms with van der Waals surface area (Å²) in [5, 5.41) is 6.91. The van der Waals surface area contributed by atoms with Crippen LogP contribution in [0.2, 0.25) is 10.0 Å². The van der Waals surface area contributed by atoms with Crippen molar-refractivity contribution in [1.29, 1.82) is 0 Å². The van der Waals surface area contributed by atoms with Gasteiger partial charge >= 0.3 is 0 Å². The molecule has 5 nitrogen and oxygen atoms in total. The summed E-state index contributed by atoms with van der Waals surface area (Å²) in [5.41, 5.74) is 1.62. The topological polar surface area (TPSA) is 74.0 Å². The van der Waals surface area contributed by atoms with E-state index in [0.717, 1.165) is 5.39 Å². The molecule has 2 amide bonds. The number of aromatic amines is 1. The van der Waals surface area contributed by atoms with Crippen LogP contribution in [0, 0.1) is 11.7 Å².